The highest BCUT2D eigenvalue weighted by Gasteiger charge is 2.15. The summed E-state index contributed by atoms with van der Waals surface area (Å²) >= 11 is 0. The van der Waals surface area contributed by atoms with Crippen LogP contribution < -0.4 is 5.32 Å². The van der Waals surface area contributed by atoms with E-state index in [4.69, 9.17) is 5.11 Å². The van der Waals surface area contributed by atoms with Gasteiger partial charge < -0.3 is 10.4 Å². The van der Waals surface area contributed by atoms with E-state index in [-0.39, 0.29) is 17.2 Å². The first-order valence-corrected chi connectivity index (χ1v) is 6.10. The molecule has 3 N–H and O–H groups in total. The lowest BCUT2D eigenvalue weighted by Crippen LogP contribution is -2.15. The summed E-state index contributed by atoms with van der Waals surface area (Å²) < 4.78 is 0. The number of pyridine rings is 1. The van der Waals surface area contributed by atoms with Crippen LogP contribution in [-0.4, -0.2) is 32.2 Å². The molecule has 0 bridgehead atoms. The van der Waals surface area contributed by atoms with Gasteiger partial charge in [0.1, 0.15) is 5.82 Å². The number of rotatable bonds is 3. The van der Waals surface area contributed by atoms with Crippen LogP contribution in [0.25, 0.3) is 10.9 Å². The third kappa shape index (κ3) is 2.44. The average molecular weight is 282 g/mol. The van der Waals surface area contributed by atoms with Gasteiger partial charge in [-0.1, -0.05) is 24.3 Å². The number of aromatic nitrogens is 3. The van der Waals surface area contributed by atoms with E-state index in [1.165, 1.54) is 18.2 Å². The van der Waals surface area contributed by atoms with E-state index >= 15 is 0 Å². The van der Waals surface area contributed by atoms with E-state index in [0.717, 1.165) is 5.52 Å². The molecule has 7 heteroatoms. The number of carboxylic acids is 1. The van der Waals surface area contributed by atoms with E-state index in [1.807, 2.05) is 12.1 Å². The van der Waals surface area contributed by atoms with Crippen LogP contribution in [0.1, 0.15) is 21.0 Å². The molecule has 0 radical (unpaired) electrons. The second-order valence-corrected chi connectivity index (χ2v) is 4.29. The molecule has 0 spiro atoms. The normalized spacial score (nSPS) is 10.5. The SMILES string of the molecule is O=C(O)c1cccc(NC(=O)c2n[nH]c3ccccc23)n1. The van der Waals surface area contributed by atoms with Crippen LogP contribution in [0.5, 0.6) is 0 Å². The summed E-state index contributed by atoms with van der Waals surface area (Å²) in [4.78, 5) is 26.9. The van der Waals surface area contributed by atoms with E-state index in [2.05, 4.69) is 20.5 Å². The molecule has 0 fully saturated rings. The minimum atomic E-state index is -1.16. The number of carbonyl (C=O) groups is 2. The number of H-pyrrole nitrogens is 1. The summed E-state index contributed by atoms with van der Waals surface area (Å²) in [5.74, 6) is -1.45. The van der Waals surface area contributed by atoms with Crippen LogP contribution >= 0.6 is 0 Å². The number of carboxylic acid groups (broad SMARTS) is 1. The number of anilines is 1. The standard InChI is InChI=1S/C14H10N4O3/c19-13(12-8-4-1-2-5-9(8)17-18-12)16-11-7-3-6-10(15-11)14(20)21/h1-7H,(H,17,18)(H,20,21)(H,15,16,19). The second kappa shape index (κ2) is 5.04. The second-order valence-electron chi connectivity index (χ2n) is 4.29. The van der Waals surface area contributed by atoms with Crippen molar-refractivity contribution in [3.8, 4) is 0 Å². The molecule has 0 atom stereocenters. The fourth-order valence-corrected chi connectivity index (χ4v) is 1.94. The minimum Gasteiger partial charge on any atom is -0.477 e. The first-order valence-electron chi connectivity index (χ1n) is 6.10. The Kier molecular flexibility index (Phi) is 3.07. The van der Waals surface area contributed by atoms with Crippen LogP contribution in [0.15, 0.2) is 42.5 Å². The molecule has 0 saturated heterocycles. The maximum atomic E-state index is 12.2. The molecule has 0 aliphatic carbocycles. The maximum Gasteiger partial charge on any atom is 0.354 e. The largest absolute Gasteiger partial charge is 0.477 e. The zero-order chi connectivity index (χ0) is 14.8. The van der Waals surface area contributed by atoms with E-state index in [9.17, 15) is 9.59 Å². The summed E-state index contributed by atoms with van der Waals surface area (Å²) in [6.07, 6.45) is 0. The predicted octanol–water partition coefficient (Wildman–Crippen LogP) is 1.91. The topological polar surface area (TPSA) is 108 Å². The molecule has 1 amide bonds. The number of nitrogens with one attached hydrogen (secondary N) is 2. The molecule has 3 aromatic rings. The van der Waals surface area contributed by atoms with Gasteiger partial charge in [-0.15, -0.1) is 0 Å². The van der Waals surface area contributed by atoms with Crippen LogP contribution in [-0.2, 0) is 0 Å². The van der Waals surface area contributed by atoms with E-state index in [0.29, 0.717) is 5.39 Å². The summed E-state index contributed by atoms with van der Waals surface area (Å²) in [5.41, 5.74) is 0.836. The quantitative estimate of drug-likeness (QED) is 0.680. The molecule has 0 aliphatic rings. The van der Waals surface area contributed by atoms with Crippen molar-refractivity contribution in [3.63, 3.8) is 0 Å². The van der Waals surface area contributed by atoms with Crippen LogP contribution in [0.4, 0.5) is 5.82 Å². The number of hydrogen-bond donors (Lipinski definition) is 3. The first-order chi connectivity index (χ1) is 10.1. The molecule has 2 aromatic heterocycles. The van der Waals surface area contributed by atoms with Crippen LogP contribution in [0.2, 0.25) is 0 Å². The molecular formula is C14H10N4O3. The zero-order valence-electron chi connectivity index (χ0n) is 10.7. The fourth-order valence-electron chi connectivity index (χ4n) is 1.94. The number of amides is 1. The van der Waals surface area contributed by atoms with Gasteiger partial charge in [-0.05, 0) is 18.2 Å². The summed E-state index contributed by atoms with van der Waals surface area (Å²) in [6.45, 7) is 0. The summed E-state index contributed by atoms with van der Waals surface area (Å²) in [6, 6.07) is 11.6. The van der Waals surface area contributed by atoms with Gasteiger partial charge in [0.15, 0.2) is 11.4 Å². The Labute approximate surface area is 118 Å². The molecule has 0 saturated carbocycles. The number of carbonyl (C=O) groups excluding carboxylic acids is 1. The van der Waals surface area contributed by atoms with Crippen molar-refractivity contribution in [2.45, 2.75) is 0 Å². The highest BCUT2D eigenvalue weighted by molar-refractivity contribution is 6.10. The third-order valence-corrected chi connectivity index (χ3v) is 2.90. The smallest absolute Gasteiger partial charge is 0.354 e. The Bertz CT molecular complexity index is 841. The number of aromatic carboxylic acids is 1. The molecule has 1 aromatic carbocycles. The number of aromatic amines is 1. The number of hydrogen-bond acceptors (Lipinski definition) is 4. The Morgan fingerprint density at radius 3 is 2.71 bits per heavy atom. The van der Waals surface area contributed by atoms with Crippen LogP contribution in [0.3, 0.4) is 0 Å². The van der Waals surface area contributed by atoms with Crippen molar-refractivity contribution in [1.82, 2.24) is 15.2 Å². The molecule has 0 aliphatic heterocycles. The Morgan fingerprint density at radius 2 is 1.90 bits per heavy atom. The monoisotopic (exact) mass is 282 g/mol. The summed E-state index contributed by atoms with van der Waals surface area (Å²) in [7, 11) is 0. The number of para-hydroxylation sites is 1. The van der Waals surface area contributed by atoms with Crippen molar-refractivity contribution in [2.75, 3.05) is 5.32 Å². The Morgan fingerprint density at radius 1 is 1.10 bits per heavy atom. The van der Waals surface area contributed by atoms with Gasteiger partial charge in [0.25, 0.3) is 5.91 Å². The van der Waals surface area contributed by atoms with Gasteiger partial charge in [0, 0.05) is 5.39 Å². The molecule has 7 nitrogen and oxygen atoms in total. The number of nitrogens with zero attached hydrogens (tertiary/aromatic N) is 2. The minimum absolute atomic E-state index is 0.139. The lowest BCUT2D eigenvalue weighted by Gasteiger charge is -2.03. The van der Waals surface area contributed by atoms with Crippen molar-refractivity contribution >= 4 is 28.6 Å². The number of fused-ring (bicyclic) bond motifs is 1. The molecule has 3 rings (SSSR count). The highest BCUT2D eigenvalue weighted by Crippen LogP contribution is 2.16. The van der Waals surface area contributed by atoms with Crippen molar-refractivity contribution in [1.29, 1.82) is 0 Å². The molecule has 0 unspecified atom stereocenters. The van der Waals surface area contributed by atoms with Crippen molar-refractivity contribution in [2.24, 2.45) is 0 Å². The van der Waals surface area contributed by atoms with Gasteiger partial charge in [-0.3, -0.25) is 9.89 Å². The molecule has 21 heavy (non-hydrogen) atoms. The lowest BCUT2D eigenvalue weighted by atomic mass is 10.2. The maximum absolute atomic E-state index is 12.2. The number of benzene rings is 1. The van der Waals surface area contributed by atoms with E-state index in [1.54, 1.807) is 12.1 Å². The van der Waals surface area contributed by atoms with Gasteiger partial charge in [-0.25, -0.2) is 9.78 Å². The third-order valence-electron chi connectivity index (χ3n) is 2.90. The van der Waals surface area contributed by atoms with E-state index < -0.39 is 11.9 Å². The Balaban J connectivity index is 1.90. The van der Waals surface area contributed by atoms with Gasteiger partial charge in [-0.2, -0.15) is 5.10 Å². The first kappa shape index (κ1) is 12.8. The predicted molar refractivity (Wildman–Crippen MR) is 75.2 cm³/mol. The lowest BCUT2D eigenvalue weighted by molar-refractivity contribution is 0.0690. The van der Waals surface area contributed by atoms with Gasteiger partial charge in [0.05, 0.1) is 5.52 Å². The summed E-state index contributed by atoms with van der Waals surface area (Å²) in [5, 5.41) is 18.8. The molecule has 2 heterocycles. The molecule has 104 valence electrons. The zero-order valence-corrected chi connectivity index (χ0v) is 10.7. The Hall–Kier alpha value is -3.22. The fraction of sp³-hybridized carbons (Fsp3) is 0. The van der Waals surface area contributed by atoms with Gasteiger partial charge in [0.2, 0.25) is 0 Å². The average Bonchev–Trinajstić information content (AvgIpc) is 2.91. The highest BCUT2D eigenvalue weighted by atomic mass is 16.4. The van der Waals surface area contributed by atoms with Crippen molar-refractivity contribution < 1.29 is 14.7 Å². The molecular weight excluding hydrogens is 272 g/mol. The van der Waals surface area contributed by atoms with Gasteiger partial charge >= 0.3 is 5.97 Å². The van der Waals surface area contributed by atoms with Crippen LogP contribution in [0, 0.1) is 0 Å². The van der Waals surface area contributed by atoms with Crippen molar-refractivity contribution in [3.05, 3.63) is 53.9 Å².